The van der Waals surface area contributed by atoms with Crippen LogP contribution in [0.1, 0.15) is 29.9 Å². The van der Waals surface area contributed by atoms with Gasteiger partial charge in [-0.3, -0.25) is 4.79 Å². The summed E-state index contributed by atoms with van der Waals surface area (Å²) in [6.45, 7) is 4.29. The molecule has 0 atom stereocenters. The van der Waals surface area contributed by atoms with E-state index in [1.54, 1.807) is 6.92 Å². The summed E-state index contributed by atoms with van der Waals surface area (Å²) in [6.07, 6.45) is 0.949. The number of carbonyl (C=O) groups is 1. The van der Waals surface area contributed by atoms with Gasteiger partial charge in [-0.2, -0.15) is 0 Å². The van der Waals surface area contributed by atoms with Gasteiger partial charge in [0, 0.05) is 4.88 Å². The molecule has 0 fully saturated rings. The second-order valence-corrected chi connectivity index (χ2v) is 5.70. The minimum absolute atomic E-state index is 0.0882. The van der Waals surface area contributed by atoms with E-state index in [9.17, 15) is 4.79 Å². The monoisotopic (exact) mass is 294 g/mol. The molecule has 0 spiro atoms. The minimum Gasteiger partial charge on any atom is -0.492 e. The standard InChI is InChI=1S/C15H15ClO2S/c1-3-8-18-13-5-4-11(9-12(13)16)15-7-6-14(19-15)10(2)17/h4-7,9H,3,8H2,1-2H3. The minimum atomic E-state index is 0.0882. The highest BCUT2D eigenvalue weighted by Gasteiger charge is 2.08. The third-order valence-corrected chi connectivity index (χ3v) is 4.16. The number of ketones is 1. The maximum absolute atomic E-state index is 11.3. The van der Waals surface area contributed by atoms with Crippen LogP contribution in [-0.4, -0.2) is 12.4 Å². The van der Waals surface area contributed by atoms with Crippen molar-refractivity contribution in [3.05, 3.63) is 40.2 Å². The number of carbonyl (C=O) groups excluding carboxylic acids is 1. The van der Waals surface area contributed by atoms with Crippen LogP contribution in [0.15, 0.2) is 30.3 Å². The summed E-state index contributed by atoms with van der Waals surface area (Å²) < 4.78 is 5.54. The lowest BCUT2D eigenvalue weighted by Crippen LogP contribution is -1.95. The van der Waals surface area contributed by atoms with Crippen LogP contribution in [0.2, 0.25) is 5.02 Å². The zero-order chi connectivity index (χ0) is 13.8. The Hall–Kier alpha value is -1.32. The van der Waals surface area contributed by atoms with Crippen molar-refractivity contribution in [2.24, 2.45) is 0 Å². The van der Waals surface area contributed by atoms with E-state index < -0.39 is 0 Å². The molecule has 0 unspecified atom stereocenters. The van der Waals surface area contributed by atoms with E-state index in [0.29, 0.717) is 17.4 Å². The Morgan fingerprint density at radius 2 is 2.11 bits per heavy atom. The topological polar surface area (TPSA) is 26.3 Å². The summed E-state index contributed by atoms with van der Waals surface area (Å²) in [4.78, 5) is 13.1. The number of ether oxygens (including phenoxy) is 1. The molecule has 19 heavy (non-hydrogen) atoms. The highest BCUT2D eigenvalue weighted by atomic mass is 35.5. The molecule has 0 amide bonds. The van der Waals surface area contributed by atoms with Crippen molar-refractivity contribution in [3.63, 3.8) is 0 Å². The number of halogens is 1. The molecule has 2 rings (SSSR count). The summed E-state index contributed by atoms with van der Waals surface area (Å²) >= 11 is 7.67. The third kappa shape index (κ3) is 3.37. The van der Waals surface area contributed by atoms with Crippen LogP contribution in [0.3, 0.4) is 0 Å². The quantitative estimate of drug-likeness (QED) is 0.721. The summed E-state index contributed by atoms with van der Waals surface area (Å²) in [5.74, 6) is 0.792. The molecule has 1 aromatic carbocycles. The largest absolute Gasteiger partial charge is 0.492 e. The van der Waals surface area contributed by atoms with E-state index in [4.69, 9.17) is 16.3 Å². The number of thiophene rings is 1. The molecule has 0 aliphatic heterocycles. The number of benzene rings is 1. The van der Waals surface area contributed by atoms with Crippen LogP contribution in [0.4, 0.5) is 0 Å². The van der Waals surface area contributed by atoms with Crippen LogP contribution < -0.4 is 4.74 Å². The zero-order valence-electron chi connectivity index (χ0n) is 10.9. The first-order chi connectivity index (χ1) is 9.11. The van der Waals surface area contributed by atoms with Crippen molar-refractivity contribution >= 4 is 28.7 Å². The lowest BCUT2D eigenvalue weighted by molar-refractivity contribution is 0.102. The van der Waals surface area contributed by atoms with Gasteiger partial charge in [-0.1, -0.05) is 18.5 Å². The average Bonchev–Trinajstić information content (AvgIpc) is 2.87. The summed E-state index contributed by atoms with van der Waals surface area (Å²) in [7, 11) is 0. The van der Waals surface area contributed by atoms with E-state index in [0.717, 1.165) is 21.7 Å². The number of hydrogen-bond acceptors (Lipinski definition) is 3. The van der Waals surface area contributed by atoms with Crippen LogP contribution >= 0.6 is 22.9 Å². The van der Waals surface area contributed by atoms with Crippen molar-refractivity contribution in [3.8, 4) is 16.2 Å². The van der Waals surface area contributed by atoms with Gasteiger partial charge < -0.3 is 4.74 Å². The smallest absolute Gasteiger partial charge is 0.169 e. The lowest BCUT2D eigenvalue weighted by atomic mass is 10.2. The fraction of sp³-hybridized carbons (Fsp3) is 0.267. The summed E-state index contributed by atoms with van der Waals surface area (Å²) in [5, 5.41) is 0.601. The molecular weight excluding hydrogens is 280 g/mol. The predicted molar refractivity (Wildman–Crippen MR) is 80.6 cm³/mol. The normalized spacial score (nSPS) is 10.5. The molecular formula is C15H15ClO2S. The molecule has 0 radical (unpaired) electrons. The number of Topliss-reactive ketones (excluding diaryl/α,β-unsaturated/α-hetero) is 1. The van der Waals surface area contributed by atoms with Gasteiger partial charge >= 0.3 is 0 Å². The maximum Gasteiger partial charge on any atom is 0.169 e. The maximum atomic E-state index is 11.3. The van der Waals surface area contributed by atoms with E-state index in [2.05, 4.69) is 6.92 Å². The van der Waals surface area contributed by atoms with Gasteiger partial charge in [0.2, 0.25) is 0 Å². The van der Waals surface area contributed by atoms with Gasteiger partial charge in [0.15, 0.2) is 5.78 Å². The van der Waals surface area contributed by atoms with Crippen molar-refractivity contribution in [2.75, 3.05) is 6.61 Å². The van der Waals surface area contributed by atoms with Crippen LogP contribution in [0.5, 0.6) is 5.75 Å². The van der Waals surface area contributed by atoms with Crippen molar-refractivity contribution in [1.82, 2.24) is 0 Å². The van der Waals surface area contributed by atoms with Gasteiger partial charge in [0.1, 0.15) is 5.75 Å². The van der Waals surface area contributed by atoms with E-state index in [-0.39, 0.29) is 5.78 Å². The molecule has 0 saturated carbocycles. The highest BCUT2D eigenvalue weighted by molar-refractivity contribution is 7.17. The SMILES string of the molecule is CCCOc1ccc(-c2ccc(C(C)=O)s2)cc1Cl. The molecule has 1 heterocycles. The Bertz CT molecular complexity index is 590. The molecule has 2 nitrogen and oxygen atoms in total. The summed E-state index contributed by atoms with van der Waals surface area (Å²) in [6, 6.07) is 9.51. The molecule has 0 aliphatic carbocycles. The van der Waals surface area contributed by atoms with Crippen molar-refractivity contribution < 1.29 is 9.53 Å². The first-order valence-electron chi connectivity index (χ1n) is 6.15. The average molecular weight is 295 g/mol. The molecule has 0 saturated heterocycles. The van der Waals surface area contributed by atoms with E-state index in [1.807, 2.05) is 30.3 Å². The van der Waals surface area contributed by atoms with Gasteiger partial charge in [0.05, 0.1) is 16.5 Å². The molecule has 4 heteroatoms. The van der Waals surface area contributed by atoms with Crippen LogP contribution in [0.25, 0.3) is 10.4 Å². The Kier molecular flexibility index (Phi) is 4.61. The van der Waals surface area contributed by atoms with Gasteiger partial charge in [-0.15, -0.1) is 11.3 Å². The molecule has 1 aromatic heterocycles. The number of hydrogen-bond donors (Lipinski definition) is 0. The molecule has 0 aliphatic rings. The molecule has 0 N–H and O–H groups in total. The molecule has 0 bridgehead atoms. The highest BCUT2D eigenvalue weighted by Crippen LogP contribution is 2.34. The van der Waals surface area contributed by atoms with E-state index in [1.165, 1.54) is 11.3 Å². The second-order valence-electron chi connectivity index (χ2n) is 4.21. The Morgan fingerprint density at radius 3 is 2.68 bits per heavy atom. The van der Waals surface area contributed by atoms with Gasteiger partial charge in [-0.25, -0.2) is 0 Å². The molecule has 100 valence electrons. The summed E-state index contributed by atoms with van der Waals surface area (Å²) in [5.41, 5.74) is 1.01. The van der Waals surface area contributed by atoms with Crippen LogP contribution in [0, 0.1) is 0 Å². The molecule has 2 aromatic rings. The lowest BCUT2D eigenvalue weighted by Gasteiger charge is -2.07. The fourth-order valence-electron chi connectivity index (χ4n) is 1.67. The predicted octanol–water partition coefficient (Wildman–Crippen LogP) is 5.06. The van der Waals surface area contributed by atoms with E-state index >= 15 is 0 Å². The van der Waals surface area contributed by atoms with Gasteiger partial charge in [-0.05, 0) is 49.2 Å². The Balaban J connectivity index is 2.25. The van der Waals surface area contributed by atoms with Crippen molar-refractivity contribution in [2.45, 2.75) is 20.3 Å². The zero-order valence-corrected chi connectivity index (χ0v) is 12.5. The third-order valence-electron chi connectivity index (χ3n) is 2.63. The Labute approximate surface area is 122 Å². The Morgan fingerprint density at radius 1 is 1.32 bits per heavy atom. The van der Waals surface area contributed by atoms with Gasteiger partial charge in [0.25, 0.3) is 0 Å². The number of rotatable bonds is 5. The van der Waals surface area contributed by atoms with Crippen molar-refractivity contribution in [1.29, 1.82) is 0 Å². The first kappa shape index (κ1) is 14.1. The first-order valence-corrected chi connectivity index (χ1v) is 7.34. The van der Waals surface area contributed by atoms with Crippen LogP contribution in [-0.2, 0) is 0 Å². The second kappa shape index (κ2) is 6.22. The fourth-order valence-corrected chi connectivity index (χ4v) is 2.80.